The molecule has 292 valence electrons. The normalized spacial score (nSPS) is 12.1. The zero-order valence-corrected chi connectivity index (χ0v) is 34.5. The molecule has 0 saturated heterocycles. The van der Waals surface area contributed by atoms with E-state index >= 15 is 0 Å². The van der Waals surface area contributed by atoms with E-state index in [0.717, 1.165) is 99.9 Å². The Hall–Kier alpha value is -7.56. The van der Waals surface area contributed by atoms with Gasteiger partial charge in [0.2, 0.25) is 0 Å². The molecule has 12 aromatic rings. The highest BCUT2D eigenvalue weighted by molar-refractivity contribution is 6.29. The van der Waals surface area contributed by atoms with Crippen LogP contribution in [-0.4, -0.2) is 0 Å². The minimum Gasteiger partial charge on any atom is -0.454 e. The Morgan fingerprint density at radius 3 is 1.23 bits per heavy atom. The van der Waals surface area contributed by atoms with Crippen LogP contribution in [0.4, 0.5) is 34.1 Å². The van der Waals surface area contributed by atoms with Gasteiger partial charge in [-0.05, 0) is 95.1 Å². The number of anilines is 6. The molecule has 0 bridgehead atoms. The molecule has 0 N–H and O–H groups in total. The molecular weight excluding hydrogens is 745 g/mol. The molecule has 0 unspecified atom stereocenters. The summed E-state index contributed by atoms with van der Waals surface area (Å²) in [5.41, 5.74) is 13.2. The van der Waals surface area contributed by atoms with E-state index in [1.165, 1.54) is 27.1 Å². The second kappa shape index (κ2) is 13.5. The van der Waals surface area contributed by atoms with Crippen LogP contribution in [0, 0.1) is 13.8 Å². The molecule has 0 aliphatic rings. The zero-order chi connectivity index (χ0) is 40.9. The van der Waals surface area contributed by atoms with Crippen LogP contribution in [0.1, 0.15) is 36.5 Å². The summed E-state index contributed by atoms with van der Waals surface area (Å²) in [6, 6.07) is 63.8. The molecule has 0 fully saturated rings. The quantitative estimate of drug-likeness (QED) is 0.151. The summed E-state index contributed by atoms with van der Waals surface area (Å²) < 4.78 is 13.9. The fourth-order valence-corrected chi connectivity index (χ4v) is 9.82. The Balaban J connectivity index is 1.25. The maximum absolute atomic E-state index is 6.94. The molecule has 10 aromatic carbocycles. The number of hydrogen-bond acceptors (Lipinski definition) is 4. The largest absolute Gasteiger partial charge is 0.454 e. The monoisotopic (exact) mass is 786 g/mol. The number of fused-ring (bicyclic) bond motifs is 6. The lowest BCUT2D eigenvalue weighted by Crippen LogP contribution is -2.15. The van der Waals surface area contributed by atoms with Crippen molar-refractivity contribution in [3.8, 4) is 0 Å². The van der Waals surface area contributed by atoms with Crippen molar-refractivity contribution in [2.24, 2.45) is 0 Å². The van der Waals surface area contributed by atoms with Gasteiger partial charge in [0, 0.05) is 49.1 Å². The van der Waals surface area contributed by atoms with Crippen molar-refractivity contribution in [1.29, 1.82) is 0 Å². The van der Waals surface area contributed by atoms with Crippen molar-refractivity contribution >= 4 is 110 Å². The van der Waals surface area contributed by atoms with Gasteiger partial charge >= 0.3 is 0 Å². The van der Waals surface area contributed by atoms with Gasteiger partial charge in [0.25, 0.3) is 0 Å². The molecule has 0 saturated carbocycles. The lowest BCUT2D eigenvalue weighted by molar-refractivity contribution is 0.666. The van der Waals surface area contributed by atoms with Crippen LogP contribution < -0.4 is 9.80 Å². The molecule has 2 heterocycles. The zero-order valence-electron chi connectivity index (χ0n) is 34.5. The number of aryl methyl sites for hydroxylation is 2. The van der Waals surface area contributed by atoms with E-state index in [-0.39, 0.29) is 0 Å². The topological polar surface area (TPSA) is 32.8 Å². The number of hydrogen-bond donors (Lipinski definition) is 0. The van der Waals surface area contributed by atoms with Gasteiger partial charge in [-0.25, -0.2) is 0 Å². The number of rotatable bonds is 7. The molecule has 61 heavy (non-hydrogen) atoms. The van der Waals surface area contributed by atoms with Gasteiger partial charge in [-0.2, -0.15) is 0 Å². The third-order valence-corrected chi connectivity index (χ3v) is 12.8. The van der Waals surface area contributed by atoms with E-state index in [0.29, 0.717) is 5.92 Å². The van der Waals surface area contributed by atoms with Gasteiger partial charge in [-0.3, -0.25) is 0 Å². The van der Waals surface area contributed by atoms with Crippen LogP contribution in [-0.2, 0) is 0 Å². The minimum atomic E-state index is 0.399. The van der Waals surface area contributed by atoms with Gasteiger partial charge in [0.15, 0.2) is 11.2 Å². The van der Waals surface area contributed by atoms with Crippen molar-refractivity contribution in [2.45, 2.75) is 33.6 Å². The van der Waals surface area contributed by atoms with E-state index in [2.05, 4.69) is 213 Å². The fraction of sp³-hybridized carbons (Fsp3) is 0.0877. The lowest BCUT2D eigenvalue weighted by atomic mass is 9.88. The standard InChI is InChI=1S/C57H42N2O2/c1-34(2)39-31-37-27-29-46-50(58(40-17-7-5-8-18-40)48-25-13-23-44-42-21-11-15-35(3)54(42)60-56(44)48)33-51(47-30-28-38(32-39)52(37)53(46)47)59(41-19-9-6-10-20-41)49-26-14-24-45-43-22-12-16-36(4)55(43)61-57(45)49/h5-34H,1-4H3. The molecule has 0 amide bonds. The average molecular weight is 787 g/mol. The summed E-state index contributed by atoms with van der Waals surface area (Å²) in [5.74, 6) is 0.399. The van der Waals surface area contributed by atoms with E-state index in [1.54, 1.807) is 0 Å². The highest BCUT2D eigenvalue weighted by Gasteiger charge is 2.28. The molecule has 4 heteroatoms. The molecule has 0 aliphatic heterocycles. The number of nitrogens with zero attached hydrogens (tertiary/aromatic N) is 2. The first-order chi connectivity index (χ1) is 29.9. The first-order valence-corrected chi connectivity index (χ1v) is 21.2. The number of furan rings is 2. The van der Waals surface area contributed by atoms with Gasteiger partial charge in [-0.15, -0.1) is 0 Å². The minimum absolute atomic E-state index is 0.399. The van der Waals surface area contributed by atoms with Crippen molar-refractivity contribution in [3.05, 3.63) is 193 Å². The van der Waals surface area contributed by atoms with Crippen molar-refractivity contribution in [3.63, 3.8) is 0 Å². The van der Waals surface area contributed by atoms with Crippen LogP contribution in [0.2, 0.25) is 0 Å². The van der Waals surface area contributed by atoms with E-state index in [4.69, 9.17) is 8.83 Å². The van der Waals surface area contributed by atoms with E-state index < -0.39 is 0 Å². The summed E-state index contributed by atoms with van der Waals surface area (Å²) in [7, 11) is 0. The number of benzene rings is 10. The Morgan fingerprint density at radius 1 is 0.361 bits per heavy atom. The van der Waals surface area contributed by atoms with Crippen molar-refractivity contribution < 1.29 is 8.83 Å². The van der Waals surface area contributed by atoms with Gasteiger partial charge in [-0.1, -0.05) is 147 Å². The lowest BCUT2D eigenvalue weighted by Gasteiger charge is -2.32. The SMILES string of the molecule is Cc1cccc2c1oc1c(N(c3ccccc3)c3cc(N(c4ccccc4)c4cccc5c4oc4c(C)cccc45)c4ccc5cc(C(C)C)cc6ccc3c4c65)cccc12. The summed E-state index contributed by atoms with van der Waals surface area (Å²) in [4.78, 5) is 4.81. The second-order valence-electron chi connectivity index (χ2n) is 16.8. The summed E-state index contributed by atoms with van der Waals surface area (Å²) in [6.07, 6.45) is 0. The van der Waals surface area contributed by atoms with Crippen molar-refractivity contribution in [1.82, 2.24) is 0 Å². The summed E-state index contributed by atoms with van der Waals surface area (Å²) in [6.45, 7) is 8.80. The van der Waals surface area contributed by atoms with Crippen molar-refractivity contribution in [2.75, 3.05) is 9.80 Å². The van der Waals surface area contributed by atoms with E-state index in [9.17, 15) is 0 Å². The summed E-state index contributed by atoms with van der Waals surface area (Å²) in [5, 5.41) is 11.7. The molecule has 0 radical (unpaired) electrons. The highest BCUT2D eigenvalue weighted by atomic mass is 16.3. The van der Waals surface area contributed by atoms with Crippen LogP contribution >= 0.6 is 0 Å². The third-order valence-electron chi connectivity index (χ3n) is 12.8. The Kier molecular flexibility index (Phi) is 7.82. The molecular formula is C57H42N2O2. The second-order valence-corrected chi connectivity index (χ2v) is 16.8. The molecule has 0 spiro atoms. The Labute approximate surface area is 353 Å². The van der Waals surface area contributed by atoms with Gasteiger partial charge < -0.3 is 18.6 Å². The number of para-hydroxylation sites is 6. The highest BCUT2D eigenvalue weighted by Crippen LogP contribution is 2.53. The maximum Gasteiger partial charge on any atom is 0.159 e. The first kappa shape index (κ1) is 35.4. The molecule has 0 aliphatic carbocycles. The predicted octanol–water partition coefficient (Wildman–Crippen LogP) is 17.1. The summed E-state index contributed by atoms with van der Waals surface area (Å²) >= 11 is 0. The molecule has 4 nitrogen and oxygen atoms in total. The molecule has 12 rings (SSSR count). The van der Waals surface area contributed by atoms with Crippen LogP contribution in [0.15, 0.2) is 185 Å². The predicted molar refractivity (Wildman–Crippen MR) is 258 cm³/mol. The van der Waals surface area contributed by atoms with Gasteiger partial charge in [0.05, 0.1) is 22.7 Å². The van der Waals surface area contributed by atoms with Crippen LogP contribution in [0.5, 0.6) is 0 Å². The maximum atomic E-state index is 6.94. The third kappa shape index (κ3) is 5.31. The molecule has 2 aromatic heterocycles. The fourth-order valence-electron chi connectivity index (χ4n) is 9.82. The van der Waals surface area contributed by atoms with Gasteiger partial charge in [0.1, 0.15) is 11.2 Å². The average Bonchev–Trinajstić information content (AvgIpc) is 3.88. The van der Waals surface area contributed by atoms with Crippen LogP contribution in [0.25, 0.3) is 76.2 Å². The smallest absolute Gasteiger partial charge is 0.159 e. The first-order valence-electron chi connectivity index (χ1n) is 21.2. The Bertz CT molecular complexity index is 3420. The molecule has 0 atom stereocenters. The Morgan fingerprint density at radius 2 is 0.787 bits per heavy atom. The van der Waals surface area contributed by atoms with E-state index in [1.807, 2.05) is 0 Å². The van der Waals surface area contributed by atoms with Crippen LogP contribution in [0.3, 0.4) is 0 Å².